The molecular weight excluding hydrogens is 478 g/mol. The van der Waals surface area contributed by atoms with Gasteiger partial charge in [-0.1, -0.05) is 24.3 Å². The number of carbonyl (C=O) groups is 2. The van der Waals surface area contributed by atoms with Crippen LogP contribution in [0.3, 0.4) is 0 Å². The molecule has 1 aliphatic rings. The van der Waals surface area contributed by atoms with Crippen LogP contribution in [0.5, 0.6) is 0 Å². The second-order valence-electron chi connectivity index (χ2n) is 7.61. The van der Waals surface area contributed by atoms with E-state index in [-0.39, 0.29) is 34.9 Å². The van der Waals surface area contributed by atoms with E-state index in [0.29, 0.717) is 5.56 Å². The second kappa shape index (κ2) is 9.35. The highest BCUT2D eigenvalue weighted by molar-refractivity contribution is 7.94. The second-order valence-corrected chi connectivity index (χ2v) is 11.7. The van der Waals surface area contributed by atoms with Crippen LogP contribution in [-0.4, -0.2) is 45.9 Å². The minimum Gasteiger partial charge on any atom is -0.350 e. The Kier molecular flexibility index (Phi) is 6.49. The van der Waals surface area contributed by atoms with E-state index in [1.54, 1.807) is 30.3 Å². The maximum Gasteiger partial charge on any atom is 0.251 e. The van der Waals surface area contributed by atoms with E-state index in [1.165, 1.54) is 48.8 Å². The summed E-state index contributed by atoms with van der Waals surface area (Å²) in [6, 6.07) is 16.7. The Morgan fingerprint density at radius 1 is 1.03 bits per heavy atom. The Morgan fingerprint density at radius 3 is 2.32 bits per heavy atom. The van der Waals surface area contributed by atoms with Crippen molar-refractivity contribution in [2.45, 2.75) is 16.6 Å². The van der Waals surface area contributed by atoms with Crippen molar-refractivity contribution in [3.63, 3.8) is 0 Å². The van der Waals surface area contributed by atoms with Crippen molar-refractivity contribution in [1.82, 2.24) is 10.3 Å². The van der Waals surface area contributed by atoms with Gasteiger partial charge in [-0.25, -0.2) is 21.1 Å². The molecule has 0 aliphatic carbocycles. The number of sulfonamides is 1. The summed E-state index contributed by atoms with van der Waals surface area (Å²) in [5, 5.41) is 1.57. The summed E-state index contributed by atoms with van der Waals surface area (Å²) < 4.78 is 51.5. The van der Waals surface area contributed by atoms with Crippen molar-refractivity contribution >= 4 is 37.4 Å². The molecule has 1 N–H and O–H groups in total. The molecule has 1 aliphatic heterocycles. The Labute approximate surface area is 197 Å². The number of carbonyl (C=O) groups excluding carboxylic acids is 2. The highest BCUT2D eigenvalue weighted by Gasteiger charge is 2.36. The fraction of sp³-hybridized carbons (Fsp3) is 0.174. The van der Waals surface area contributed by atoms with Crippen molar-refractivity contribution < 1.29 is 26.4 Å². The summed E-state index contributed by atoms with van der Waals surface area (Å²) in [6.45, 7) is -0.206. The van der Waals surface area contributed by atoms with Crippen LogP contribution in [0.4, 0.5) is 5.69 Å². The molecule has 2 heterocycles. The van der Waals surface area contributed by atoms with Gasteiger partial charge in [0.1, 0.15) is 5.25 Å². The van der Waals surface area contributed by atoms with Crippen molar-refractivity contribution in [2.75, 3.05) is 16.6 Å². The number of hydrogen-bond acceptors (Lipinski definition) is 7. The van der Waals surface area contributed by atoms with Crippen molar-refractivity contribution in [3.05, 3.63) is 90.3 Å². The maximum atomic E-state index is 13.3. The molecule has 11 heteroatoms. The average molecular weight is 500 g/mol. The fourth-order valence-corrected chi connectivity index (χ4v) is 6.78. The molecule has 3 aromatic rings. The number of anilines is 1. The Bertz CT molecular complexity index is 1410. The van der Waals surface area contributed by atoms with Gasteiger partial charge < -0.3 is 5.32 Å². The fourth-order valence-electron chi connectivity index (χ4n) is 3.65. The molecule has 2 aromatic carbocycles. The highest BCUT2D eigenvalue weighted by atomic mass is 32.2. The summed E-state index contributed by atoms with van der Waals surface area (Å²) in [4.78, 5) is 28.8. The first-order valence-corrected chi connectivity index (χ1v) is 13.5. The highest BCUT2D eigenvalue weighted by Crippen LogP contribution is 2.28. The van der Waals surface area contributed by atoms with E-state index in [9.17, 15) is 26.4 Å². The number of nitrogens with zero attached hydrogens (tertiary/aromatic N) is 2. The molecule has 1 aromatic heterocycles. The van der Waals surface area contributed by atoms with Crippen LogP contribution in [0.15, 0.2) is 84.0 Å². The van der Waals surface area contributed by atoms with E-state index in [4.69, 9.17) is 0 Å². The standard InChI is InChI=1S/C23H21N3O6S2/c27-22-12-14-33(29,30)26(22)19-10-8-17(9-11-19)23(28)25-16-21(18-5-4-13-24-15-18)34(31,32)20-6-2-1-3-7-20/h1-11,13,15,21H,12,14,16H2,(H,25,28). The normalized spacial score (nSPS) is 16.2. The van der Waals surface area contributed by atoms with E-state index < -0.39 is 36.9 Å². The first kappa shape index (κ1) is 23.6. The molecule has 176 valence electrons. The third kappa shape index (κ3) is 4.70. The first-order chi connectivity index (χ1) is 16.2. The Hall–Kier alpha value is -3.57. The van der Waals surface area contributed by atoms with Gasteiger partial charge in [0.25, 0.3) is 5.91 Å². The largest absolute Gasteiger partial charge is 0.350 e. The number of nitrogens with one attached hydrogen (secondary N) is 1. The summed E-state index contributed by atoms with van der Waals surface area (Å²) in [5.74, 6) is -1.32. The molecule has 0 spiro atoms. The van der Waals surface area contributed by atoms with Crippen LogP contribution >= 0.6 is 0 Å². The summed E-state index contributed by atoms with van der Waals surface area (Å²) in [7, 11) is -7.54. The first-order valence-electron chi connectivity index (χ1n) is 10.3. The Balaban J connectivity index is 1.54. The molecule has 1 atom stereocenters. The summed E-state index contributed by atoms with van der Waals surface area (Å²) >= 11 is 0. The van der Waals surface area contributed by atoms with Crippen LogP contribution in [0, 0.1) is 0 Å². The topological polar surface area (TPSA) is 131 Å². The van der Waals surface area contributed by atoms with Crippen molar-refractivity contribution in [1.29, 1.82) is 0 Å². The number of aromatic nitrogens is 1. The zero-order valence-corrected chi connectivity index (χ0v) is 19.5. The van der Waals surface area contributed by atoms with Gasteiger partial charge in [0.2, 0.25) is 15.9 Å². The number of benzene rings is 2. The predicted octanol–water partition coefficient (Wildman–Crippen LogP) is 2.09. The minimum absolute atomic E-state index is 0.0871. The molecule has 1 fully saturated rings. The zero-order chi connectivity index (χ0) is 24.3. The van der Waals surface area contributed by atoms with Gasteiger partial charge in [-0.15, -0.1) is 0 Å². The SMILES string of the molecule is O=C(NCC(c1cccnc1)S(=O)(=O)c1ccccc1)c1ccc(N2C(=O)CCS2(=O)=O)cc1. The van der Waals surface area contributed by atoms with Crippen LogP contribution < -0.4 is 9.62 Å². The van der Waals surface area contributed by atoms with E-state index >= 15 is 0 Å². The number of pyridine rings is 1. The van der Waals surface area contributed by atoms with Crippen LogP contribution in [-0.2, 0) is 24.7 Å². The molecular formula is C23H21N3O6S2. The third-order valence-corrected chi connectivity index (χ3v) is 9.20. The van der Waals surface area contributed by atoms with Gasteiger partial charge in [-0.3, -0.25) is 14.6 Å². The Morgan fingerprint density at radius 2 is 1.74 bits per heavy atom. The predicted molar refractivity (Wildman–Crippen MR) is 125 cm³/mol. The van der Waals surface area contributed by atoms with Gasteiger partial charge in [-0.2, -0.15) is 0 Å². The average Bonchev–Trinajstić information content (AvgIpc) is 3.12. The van der Waals surface area contributed by atoms with Crippen LogP contribution in [0.1, 0.15) is 27.6 Å². The van der Waals surface area contributed by atoms with E-state index in [1.807, 2.05) is 0 Å². The van der Waals surface area contributed by atoms with Gasteiger partial charge in [0.05, 0.1) is 16.3 Å². The quantitative estimate of drug-likeness (QED) is 0.527. The molecule has 4 rings (SSSR count). The molecule has 0 bridgehead atoms. The van der Waals surface area contributed by atoms with Gasteiger partial charge in [-0.05, 0) is 48.0 Å². The van der Waals surface area contributed by atoms with Crippen molar-refractivity contribution in [2.24, 2.45) is 0 Å². The zero-order valence-electron chi connectivity index (χ0n) is 17.9. The van der Waals surface area contributed by atoms with Crippen LogP contribution in [0.25, 0.3) is 0 Å². The van der Waals surface area contributed by atoms with E-state index in [0.717, 1.165) is 4.31 Å². The lowest BCUT2D eigenvalue weighted by Crippen LogP contribution is -2.32. The molecule has 2 amide bonds. The maximum absolute atomic E-state index is 13.3. The molecule has 9 nitrogen and oxygen atoms in total. The lowest BCUT2D eigenvalue weighted by molar-refractivity contribution is -0.116. The number of rotatable bonds is 7. The molecule has 0 saturated carbocycles. The smallest absolute Gasteiger partial charge is 0.251 e. The molecule has 1 saturated heterocycles. The molecule has 34 heavy (non-hydrogen) atoms. The van der Waals surface area contributed by atoms with Gasteiger partial charge >= 0.3 is 0 Å². The lowest BCUT2D eigenvalue weighted by Gasteiger charge is -2.19. The summed E-state index contributed by atoms with van der Waals surface area (Å²) in [6.07, 6.45) is 2.89. The van der Waals surface area contributed by atoms with E-state index in [2.05, 4.69) is 10.3 Å². The van der Waals surface area contributed by atoms with Crippen molar-refractivity contribution in [3.8, 4) is 0 Å². The third-order valence-electron chi connectivity index (χ3n) is 5.39. The summed E-state index contributed by atoms with van der Waals surface area (Å²) in [5.41, 5.74) is 0.772. The monoisotopic (exact) mass is 499 g/mol. The molecule has 1 unspecified atom stereocenters. The number of amides is 2. The minimum atomic E-state index is -3.83. The number of hydrogen-bond donors (Lipinski definition) is 1. The van der Waals surface area contributed by atoms with Gasteiger partial charge in [0.15, 0.2) is 9.84 Å². The number of sulfone groups is 1. The lowest BCUT2D eigenvalue weighted by atomic mass is 10.1. The van der Waals surface area contributed by atoms with Gasteiger partial charge in [0, 0.05) is 30.9 Å². The van der Waals surface area contributed by atoms with Crippen LogP contribution in [0.2, 0.25) is 0 Å². The molecule has 0 radical (unpaired) electrons.